The minimum Gasteiger partial charge on any atom is -0.465 e. The molecule has 3 heterocycles. The van der Waals surface area contributed by atoms with Crippen molar-refractivity contribution in [2.75, 3.05) is 25.3 Å². The first-order valence-electron chi connectivity index (χ1n) is 10.6. The molecule has 1 N–H and O–H groups in total. The van der Waals surface area contributed by atoms with E-state index in [1.165, 1.54) is 49.3 Å². The summed E-state index contributed by atoms with van der Waals surface area (Å²) < 4.78 is 11.5. The van der Waals surface area contributed by atoms with Crippen molar-refractivity contribution in [2.45, 2.75) is 37.8 Å². The van der Waals surface area contributed by atoms with E-state index in [0.717, 1.165) is 35.6 Å². The molecule has 12 heteroatoms. The van der Waals surface area contributed by atoms with Gasteiger partial charge in [0.05, 0.1) is 25.5 Å². The zero-order chi connectivity index (χ0) is 24.4. The number of methoxy groups -OCH3 is 2. The molecule has 1 amide bonds. The quantitative estimate of drug-likeness (QED) is 0.366. The van der Waals surface area contributed by atoms with E-state index in [1.807, 2.05) is 11.6 Å². The van der Waals surface area contributed by atoms with Gasteiger partial charge in [-0.1, -0.05) is 11.8 Å². The molecule has 3 aromatic heterocycles. The van der Waals surface area contributed by atoms with Crippen LogP contribution >= 0.6 is 34.4 Å². The van der Waals surface area contributed by atoms with Gasteiger partial charge in [0.2, 0.25) is 5.91 Å². The number of rotatable bonds is 7. The molecule has 3 aromatic rings. The average Bonchev–Trinajstić information content (AvgIpc) is 3.51. The molecule has 0 spiro atoms. The van der Waals surface area contributed by atoms with Crippen molar-refractivity contribution in [3.05, 3.63) is 31.8 Å². The fourth-order valence-electron chi connectivity index (χ4n) is 3.89. The minimum atomic E-state index is -0.635. The van der Waals surface area contributed by atoms with E-state index in [4.69, 9.17) is 9.47 Å². The molecule has 0 aromatic carbocycles. The van der Waals surface area contributed by atoms with Gasteiger partial charge >= 0.3 is 11.9 Å². The topological polar surface area (TPSA) is 112 Å². The lowest BCUT2D eigenvalue weighted by Crippen LogP contribution is -2.16. The molecule has 0 saturated heterocycles. The van der Waals surface area contributed by atoms with Crippen LogP contribution in [0.5, 0.6) is 0 Å². The number of anilines is 1. The summed E-state index contributed by atoms with van der Waals surface area (Å²) in [5.41, 5.74) is 3.04. The first kappa shape index (κ1) is 24.4. The van der Waals surface area contributed by atoms with Gasteiger partial charge in [-0.25, -0.2) is 9.59 Å². The molecule has 180 valence electrons. The van der Waals surface area contributed by atoms with Crippen LogP contribution in [-0.2, 0) is 34.2 Å². The molecule has 1 aliphatic rings. The van der Waals surface area contributed by atoms with E-state index in [1.54, 1.807) is 18.3 Å². The summed E-state index contributed by atoms with van der Waals surface area (Å²) in [6.07, 6.45) is 4.59. The number of thiophene rings is 2. The minimum absolute atomic E-state index is 0.0544. The third-order valence-corrected chi connectivity index (χ3v) is 8.93. The normalized spacial score (nSPS) is 12.8. The molecule has 0 saturated carbocycles. The van der Waals surface area contributed by atoms with Crippen LogP contribution in [0.25, 0.3) is 11.4 Å². The lowest BCUT2D eigenvalue weighted by atomic mass is 9.96. The van der Waals surface area contributed by atoms with E-state index in [2.05, 4.69) is 20.9 Å². The fourth-order valence-corrected chi connectivity index (χ4v) is 6.85. The van der Waals surface area contributed by atoms with E-state index in [9.17, 15) is 14.4 Å². The highest BCUT2D eigenvalue weighted by Gasteiger charge is 2.27. The monoisotopic (exact) mass is 520 g/mol. The lowest BCUT2D eigenvalue weighted by Gasteiger charge is -2.12. The van der Waals surface area contributed by atoms with Crippen LogP contribution in [0.15, 0.2) is 10.5 Å². The van der Waals surface area contributed by atoms with Gasteiger partial charge in [-0.15, -0.1) is 32.9 Å². The Balaban J connectivity index is 1.48. The second-order valence-corrected chi connectivity index (χ2v) is 10.6. The summed E-state index contributed by atoms with van der Waals surface area (Å²) in [5, 5.41) is 14.4. The maximum atomic E-state index is 12.7. The second-order valence-electron chi connectivity index (χ2n) is 7.70. The fraction of sp³-hybridized carbons (Fsp3) is 0.409. The first-order valence-corrected chi connectivity index (χ1v) is 13.3. The van der Waals surface area contributed by atoms with Crippen molar-refractivity contribution in [3.8, 4) is 11.4 Å². The molecule has 0 atom stereocenters. The van der Waals surface area contributed by atoms with Gasteiger partial charge in [0.1, 0.15) is 9.88 Å². The number of amides is 1. The van der Waals surface area contributed by atoms with Gasteiger partial charge in [-0.05, 0) is 43.7 Å². The largest absolute Gasteiger partial charge is 0.465 e. The van der Waals surface area contributed by atoms with Crippen molar-refractivity contribution in [3.63, 3.8) is 0 Å². The molecule has 0 fully saturated rings. The Morgan fingerprint density at radius 1 is 1.15 bits per heavy atom. The number of nitrogens with one attached hydrogen (secondary N) is 1. The zero-order valence-electron chi connectivity index (χ0n) is 19.2. The Bertz CT molecular complexity index is 1260. The van der Waals surface area contributed by atoms with Crippen molar-refractivity contribution < 1.29 is 23.9 Å². The van der Waals surface area contributed by atoms with Gasteiger partial charge in [0.15, 0.2) is 11.0 Å². The van der Waals surface area contributed by atoms with Crippen molar-refractivity contribution in [1.82, 2.24) is 14.8 Å². The van der Waals surface area contributed by atoms with Crippen LogP contribution < -0.4 is 5.32 Å². The highest BCUT2D eigenvalue weighted by molar-refractivity contribution is 7.99. The molecule has 1 aliphatic carbocycles. The van der Waals surface area contributed by atoms with Crippen molar-refractivity contribution in [1.29, 1.82) is 0 Å². The number of hydrogen-bond acceptors (Lipinski definition) is 10. The number of fused-ring (bicyclic) bond motifs is 1. The zero-order valence-corrected chi connectivity index (χ0v) is 21.7. The SMILES string of the molecule is COC(=O)c1sc(NC(=O)CSc2nnc(-c3csc4c3CCCC4)n2C)c(C(=O)OC)c1C. The molecule has 0 aliphatic heterocycles. The number of aryl methyl sites for hydroxylation is 1. The van der Waals surface area contributed by atoms with Gasteiger partial charge in [-0.3, -0.25) is 4.79 Å². The predicted molar refractivity (Wildman–Crippen MR) is 132 cm³/mol. The highest BCUT2D eigenvalue weighted by Crippen LogP contribution is 2.37. The third-order valence-electron chi connectivity index (χ3n) is 5.63. The third kappa shape index (κ3) is 4.62. The van der Waals surface area contributed by atoms with Crippen LogP contribution in [-0.4, -0.2) is 52.6 Å². The first-order chi connectivity index (χ1) is 16.3. The van der Waals surface area contributed by atoms with Crippen LogP contribution in [0.3, 0.4) is 0 Å². The number of carbonyl (C=O) groups is 3. The van der Waals surface area contributed by atoms with Crippen molar-refractivity contribution in [2.24, 2.45) is 7.05 Å². The number of ether oxygens (including phenoxy) is 2. The Morgan fingerprint density at radius 3 is 2.62 bits per heavy atom. The standard InChI is InChI=1S/C22H24N4O5S3/c1-11-16(20(28)30-3)19(34-17(11)21(29)31-4)23-15(27)10-33-22-25-24-18(26(22)2)13-9-32-14-8-6-5-7-12(13)14/h9H,5-8,10H2,1-4H3,(H,23,27). The highest BCUT2D eigenvalue weighted by atomic mass is 32.2. The number of carbonyl (C=O) groups excluding carboxylic acids is 3. The molecular weight excluding hydrogens is 496 g/mol. The molecule has 9 nitrogen and oxygen atoms in total. The summed E-state index contributed by atoms with van der Waals surface area (Å²) in [5.74, 6) is -0.704. The summed E-state index contributed by atoms with van der Waals surface area (Å²) in [4.78, 5) is 38.7. The van der Waals surface area contributed by atoms with E-state index >= 15 is 0 Å². The summed E-state index contributed by atoms with van der Waals surface area (Å²) in [6, 6.07) is 0. The average molecular weight is 521 g/mol. The molecule has 4 rings (SSSR count). The lowest BCUT2D eigenvalue weighted by molar-refractivity contribution is -0.113. The predicted octanol–water partition coefficient (Wildman–Crippen LogP) is 4.10. The summed E-state index contributed by atoms with van der Waals surface area (Å²) in [6.45, 7) is 1.61. The van der Waals surface area contributed by atoms with Crippen LogP contribution in [0, 0.1) is 6.92 Å². The number of hydrogen-bond donors (Lipinski definition) is 1. The molecule has 0 bridgehead atoms. The van der Waals surface area contributed by atoms with Gasteiger partial charge in [0, 0.05) is 22.9 Å². The maximum absolute atomic E-state index is 12.7. The summed E-state index contributed by atoms with van der Waals surface area (Å²) in [7, 11) is 4.40. The second kappa shape index (κ2) is 10.3. The molecule has 0 unspecified atom stereocenters. The Kier molecular flexibility index (Phi) is 7.39. The molecule has 0 radical (unpaired) electrons. The van der Waals surface area contributed by atoms with E-state index in [0.29, 0.717) is 10.7 Å². The Labute approximate surface area is 208 Å². The van der Waals surface area contributed by atoms with E-state index in [-0.39, 0.29) is 27.1 Å². The van der Waals surface area contributed by atoms with Crippen LogP contribution in [0.1, 0.15) is 48.9 Å². The molecular formula is C22H24N4O5S3. The van der Waals surface area contributed by atoms with E-state index < -0.39 is 11.9 Å². The summed E-state index contributed by atoms with van der Waals surface area (Å²) >= 11 is 4.01. The number of esters is 2. The van der Waals surface area contributed by atoms with Gasteiger partial charge in [-0.2, -0.15) is 0 Å². The molecule has 34 heavy (non-hydrogen) atoms. The van der Waals surface area contributed by atoms with Crippen molar-refractivity contribution >= 4 is 57.3 Å². The van der Waals surface area contributed by atoms with Gasteiger partial charge in [0.25, 0.3) is 0 Å². The van der Waals surface area contributed by atoms with Crippen LogP contribution in [0.2, 0.25) is 0 Å². The smallest absolute Gasteiger partial charge is 0.348 e. The Morgan fingerprint density at radius 2 is 1.88 bits per heavy atom. The van der Waals surface area contributed by atoms with Crippen LogP contribution in [0.4, 0.5) is 5.00 Å². The number of thioether (sulfide) groups is 1. The number of aromatic nitrogens is 3. The van der Waals surface area contributed by atoms with Gasteiger partial charge < -0.3 is 19.4 Å². The Hall–Kier alpha value is -2.70. The maximum Gasteiger partial charge on any atom is 0.348 e. The number of nitrogens with zero attached hydrogens (tertiary/aromatic N) is 3.